The van der Waals surface area contributed by atoms with Gasteiger partial charge in [-0.2, -0.15) is 0 Å². The van der Waals surface area contributed by atoms with Gasteiger partial charge < -0.3 is 10.4 Å². The standard InChI is InChI=1S/C29H34N2O4S2/c1-37(34,35)31-29(33)26-16-15-24(19-28(26)36-25-9-5-6-10-25)22-13-11-21(12-14-22)17-18-30-20-27(32)23-7-3-2-4-8-23/h2-4,7-8,11-16,19,25,27,30,32H,5-6,9-10,17-18,20H2,1H3,(H,31,33)/t27-/m0/s1. The van der Waals surface area contributed by atoms with E-state index in [1.54, 1.807) is 17.8 Å². The lowest BCUT2D eigenvalue weighted by Crippen LogP contribution is -2.29. The summed E-state index contributed by atoms with van der Waals surface area (Å²) in [5.41, 5.74) is 4.53. The number of carbonyl (C=O) groups excluding carboxylic acids is 1. The molecule has 8 heteroatoms. The van der Waals surface area contributed by atoms with Crippen LogP contribution in [0.25, 0.3) is 11.1 Å². The molecule has 0 aliphatic heterocycles. The van der Waals surface area contributed by atoms with Crippen LogP contribution in [0.3, 0.4) is 0 Å². The lowest BCUT2D eigenvalue weighted by Gasteiger charge is -2.15. The highest BCUT2D eigenvalue weighted by Gasteiger charge is 2.22. The lowest BCUT2D eigenvalue weighted by atomic mass is 10.0. The first-order valence-corrected chi connectivity index (χ1v) is 15.4. The van der Waals surface area contributed by atoms with Crippen LogP contribution in [0.1, 0.15) is 53.3 Å². The van der Waals surface area contributed by atoms with E-state index in [0.717, 1.165) is 53.6 Å². The van der Waals surface area contributed by atoms with Gasteiger partial charge in [-0.05, 0) is 60.2 Å². The first kappa shape index (κ1) is 27.4. The fourth-order valence-electron chi connectivity index (χ4n) is 4.52. The first-order valence-electron chi connectivity index (χ1n) is 12.6. The van der Waals surface area contributed by atoms with E-state index in [2.05, 4.69) is 34.3 Å². The molecule has 3 aromatic rings. The lowest BCUT2D eigenvalue weighted by molar-refractivity contribution is 0.0979. The van der Waals surface area contributed by atoms with Gasteiger partial charge in [-0.25, -0.2) is 13.1 Å². The van der Waals surface area contributed by atoms with Crippen molar-refractivity contribution >= 4 is 27.7 Å². The molecular formula is C29H34N2O4S2. The van der Waals surface area contributed by atoms with Gasteiger partial charge in [0.1, 0.15) is 0 Å². The van der Waals surface area contributed by atoms with Gasteiger partial charge in [-0.1, -0.05) is 73.5 Å². The summed E-state index contributed by atoms with van der Waals surface area (Å²) in [6.07, 6.45) is 5.89. The maximum absolute atomic E-state index is 12.7. The van der Waals surface area contributed by atoms with Crippen molar-refractivity contribution in [3.8, 4) is 11.1 Å². The number of carbonyl (C=O) groups is 1. The average molecular weight is 539 g/mol. The molecule has 1 aliphatic carbocycles. The van der Waals surface area contributed by atoms with Crippen molar-refractivity contribution < 1.29 is 18.3 Å². The van der Waals surface area contributed by atoms with Crippen LogP contribution in [0.5, 0.6) is 0 Å². The molecule has 4 rings (SSSR count). The van der Waals surface area contributed by atoms with Gasteiger partial charge >= 0.3 is 0 Å². The van der Waals surface area contributed by atoms with Crippen molar-refractivity contribution in [1.82, 2.24) is 10.0 Å². The number of aliphatic hydroxyl groups excluding tert-OH is 1. The summed E-state index contributed by atoms with van der Waals surface area (Å²) in [7, 11) is -3.64. The molecule has 37 heavy (non-hydrogen) atoms. The Morgan fingerprint density at radius 2 is 1.68 bits per heavy atom. The molecule has 3 N–H and O–H groups in total. The van der Waals surface area contributed by atoms with Crippen molar-refractivity contribution in [2.24, 2.45) is 0 Å². The maximum atomic E-state index is 12.7. The Balaban J connectivity index is 1.40. The van der Waals surface area contributed by atoms with Crippen molar-refractivity contribution in [3.63, 3.8) is 0 Å². The smallest absolute Gasteiger partial charge is 0.265 e. The molecule has 0 unspecified atom stereocenters. The Kier molecular flexibility index (Phi) is 9.43. The molecule has 1 atom stereocenters. The minimum absolute atomic E-state index is 0.395. The summed E-state index contributed by atoms with van der Waals surface area (Å²) in [5.74, 6) is -0.588. The second-order valence-electron chi connectivity index (χ2n) is 9.52. The van der Waals surface area contributed by atoms with Gasteiger partial charge in [0, 0.05) is 16.7 Å². The minimum Gasteiger partial charge on any atom is -0.387 e. The zero-order chi connectivity index (χ0) is 26.3. The number of hydrogen-bond donors (Lipinski definition) is 3. The van der Waals surface area contributed by atoms with E-state index in [-0.39, 0.29) is 0 Å². The summed E-state index contributed by atoms with van der Waals surface area (Å²) in [4.78, 5) is 13.5. The first-order chi connectivity index (χ1) is 17.8. The number of thioether (sulfide) groups is 1. The van der Waals surface area contributed by atoms with E-state index in [9.17, 15) is 18.3 Å². The fraction of sp³-hybridized carbons (Fsp3) is 0.345. The molecule has 0 spiro atoms. The number of benzene rings is 3. The largest absolute Gasteiger partial charge is 0.387 e. The molecule has 0 saturated heterocycles. The second-order valence-corrected chi connectivity index (χ2v) is 12.6. The molecule has 0 radical (unpaired) electrons. The topological polar surface area (TPSA) is 95.5 Å². The van der Waals surface area contributed by atoms with Crippen molar-refractivity contribution in [1.29, 1.82) is 0 Å². The van der Waals surface area contributed by atoms with Crippen LogP contribution in [0.4, 0.5) is 0 Å². The van der Waals surface area contributed by atoms with Crippen LogP contribution in [-0.4, -0.2) is 44.0 Å². The van der Waals surface area contributed by atoms with Crippen LogP contribution in [0.2, 0.25) is 0 Å². The molecular weight excluding hydrogens is 504 g/mol. The Labute approximate surface area is 223 Å². The van der Waals surface area contributed by atoms with E-state index in [4.69, 9.17) is 0 Å². The zero-order valence-electron chi connectivity index (χ0n) is 21.0. The molecule has 1 aliphatic rings. The number of rotatable bonds is 11. The molecule has 1 amide bonds. The molecule has 6 nitrogen and oxygen atoms in total. The third-order valence-electron chi connectivity index (χ3n) is 6.50. The molecule has 0 bridgehead atoms. The van der Waals surface area contributed by atoms with E-state index < -0.39 is 22.0 Å². The number of sulfonamides is 1. The van der Waals surface area contributed by atoms with Crippen molar-refractivity contribution in [3.05, 3.63) is 89.5 Å². The van der Waals surface area contributed by atoms with Gasteiger partial charge in [0.25, 0.3) is 5.91 Å². The quantitative estimate of drug-likeness (QED) is 0.299. The van der Waals surface area contributed by atoms with E-state index in [1.807, 2.05) is 42.5 Å². The third-order valence-corrected chi connectivity index (χ3v) is 8.45. The van der Waals surface area contributed by atoms with E-state index >= 15 is 0 Å². The number of aliphatic hydroxyl groups is 1. The third kappa shape index (κ3) is 8.17. The molecule has 1 fully saturated rings. The summed E-state index contributed by atoms with van der Waals surface area (Å²) >= 11 is 1.67. The normalized spacial score (nSPS) is 15.0. The number of amides is 1. The Morgan fingerprint density at radius 1 is 1.00 bits per heavy atom. The highest BCUT2D eigenvalue weighted by Crippen LogP contribution is 2.38. The van der Waals surface area contributed by atoms with Crippen LogP contribution >= 0.6 is 11.8 Å². The van der Waals surface area contributed by atoms with Crippen LogP contribution in [-0.2, 0) is 16.4 Å². The molecule has 0 aromatic heterocycles. The van der Waals surface area contributed by atoms with Crippen molar-refractivity contribution in [2.75, 3.05) is 19.3 Å². The highest BCUT2D eigenvalue weighted by molar-refractivity contribution is 8.00. The predicted molar refractivity (Wildman–Crippen MR) is 150 cm³/mol. The summed E-state index contributed by atoms with van der Waals surface area (Å²) in [5, 5.41) is 14.0. The van der Waals surface area contributed by atoms with Crippen LogP contribution in [0, 0.1) is 0 Å². The summed E-state index contributed by atoms with van der Waals surface area (Å²) in [6, 6.07) is 23.6. The van der Waals surface area contributed by atoms with Crippen LogP contribution < -0.4 is 10.0 Å². The monoisotopic (exact) mass is 538 g/mol. The van der Waals surface area contributed by atoms with Crippen LogP contribution in [0.15, 0.2) is 77.7 Å². The SMILES string of the molecule is CS(=O)(=O)NC(=O)c1ccc(-c2ccc(CCNC[C@H](O)c3ccccc3)cc2)cc1SC1CCCC1. The molecule has 3 aromatic carbocycles. The van der Waals surface area contributed by atoms with E-state index in [1.165, 1.54) is 18.4 Å². The Morgan fingerprint density at radius 3 is 2.35 bits per heavy atom. The Hall–Kier alpha value is -2.65. The number of hydrogen-bond acceptors (Lipinski definition) is 6. The predicted octanol–water partition coefficient (Wildman–Crippen LogP) is 4.94. The summed E-state index contributed by atoms with van der Waals surface area (Å²) in [6.45, 7) is 1.26. The van der Waals surface area contributed by atoms with Gasteiger partial charge in [0.05, 0.1) is 17.9 Å². The molecule has 0 heterocycles. The highest BCUT2D eigenvalue weighted by atomic mass is 32.2. The number of nitrogens with one attached hydrogen (secondary N) is 2. The molecule has 1 saturated carbocycles. The molecule has 196 valence electrons. The fourth-order valence-corrected chi connectivity index (χ4v) is 6.38. The Bertz CT molecular complexity index is 1290. The maximum Gasteiger partial charge on any atom is 0.265 e. The minimum atomic E-state index is -3.64. The van der Waals surface area contributed by atoms with Gasteiger partial charge in [-0.15, -0.1) is 11.8 Å². The van der Waals surface area contributed by atoms with Gasteiger partial charge in [-0.3, -0.25) is 4.79 Å². The summed E-state index contributed by atoms with van der Waals surface area (Å²) < 4.78 is 25.4. The van der Waals surface area contributed by atoms with Crippen molar-refractivity contribution in [2.45, 2.75) is 48.4 Å². The zero-order valence-corrected chi connectivity index (χ0v) is 22.7. The van der Waals surface area contributed by atoms with E-state index in [0.29, 0.717) is 17.4 Å². The average Bonchev–Trinajstić information content (AvgIpc) is 3.39. The van der Waals surface area contributed by atoms with Gasteiger partial charge in [0.2, 0.25) is 10.0 Å². The van der Waals surface area contributed by atoms with Gasteiger partial charge in [0.15, 0.2) is 0 Å². The second kappa shape index (κ2) is 12.7.